The smallest absolute Gasteiger partial charge is 0.259 e. The molecule has 0 unspecified atom stereocenters. The van der Waals surface area contributed by atoms with Gasteiger partial charge in [-0.05, 0) is 18.2 Å². The van der Waals surface area contributed by atoms with Gasteiger partial charge in [-0.15, -0.1) is 0 Å². The molecule has 2 aromatic rings. The first kappa shape index (κ1) is 13.2. The molecule has 6 nitrogen and oxygen atoms in total. The molecule has 0 spiro atoms. The summed E-state index contributed by atoms with van der Waals surface area (Å²) in [5.41, 5.74) is 1.93. The van der Waals surface area contributed by atoms with Crippen LogP contribution in [0.1, 0.15) is 10.4 Å². The number of hydrogen-bond donors (Lipinski definition) is 2. The highest BCUT2D eigenvalue weighted by atomic mass is 16.5. The first-order valence-corrected chi connectivity index (χ1v) is 6.59. The number of rotatable bonds is 3. The number of para-hydroxylation sites is 1. The van der Waals surface area contributed by atoms with Crippen molar-refractivity contribution >= 4 is 17.3 Å². The van der Waals surface area contributed by atoms with Gasteiger partial charge < -0.3 is 20.1 Å². The second-order valence-electron chi connectivity index (χ2n) is 4.50. The number of aromatic nitrogens is 1. The van der Waals surface area contributed by atoms with E-state index in [0.717, 1.165) is 12.2 Å². The molecule has 0 saturated heterocycles. The summed E-state index contributed by atoms with van der Waals surface area (Å²) in [6.45, 7) is 1.28. The molecule has 0 fully saturated rings. The lowest BCUT2D eigenvalue weighted by Crippen LogP contribution is -2.21. The van der Waals surface area contributed by atoms with Gasteiger partial charge in [0.25, 0.3) is 5.91 Å². The van der Waals surface area contributed by atoms with Crippen LogP contribution in [-0.2, 0) is 0 Å². The third kappa shape index (κ3) is 2.74. The molecule has 3 rings (SSSR count). The zero-order valence-corrected chi connectivity index (χ0v) is 11.6. The highest BCUT2D eigenvalue weighted by Gasteiger charge is 2.19. The van der Waals surface area contributed by atoms with Crippen molar-refractivity contribution in [2.75, 3.05) is 30.9 Å². The SMILES string of the molecule is COc1ccc(NC(=O)c2cccc3c2OCCN3)cn1. The van der Waals surface area contributed by atoms with Gasteiger partial charge in [0.15, 0.2) is 5.75 Å². The Morgan fingerprint density at radius 2 is 2.29 bits per heavy atom. The van der Waals surface area contributed by atoms with Crippen LogP contribution in [0.2, 0.25) is 0 Å². The predicted octanol–water partition coefficient (Wildman–Crippen LogP) is 2.15. The van der Waals surface area contributed by atoms with E-state index >= 15 is 0 Å². The van der Waals surface area contributed by atoms with Crippen molar-refractivity contribution in [1.29, 1.82) is 0 Å². The number of amides is 1. The van der Waals surface area contributed by atoms with E-state index in [1.165, 1.54) is 0 Å². The van der Waals surface area contributed by atoms with Gasteiger partial charge in [0, 0.05) is 12.6 Å². The summed E-state index contributed by atoms with van der Waals surface area (Å²) in [5, 5.41) is 6.00. The molecule has 1 aromatic heterocycles. The lowest BCUT2D eigenvalue weighted by atomic mass is 10.1. The van der Waals surface area contributed by atoms with Crippen LogP contribution in [-0.4, -0.2) is 31.2 Å². The van der Waals surface area contributed by atoms with Crippen molar-refractivity contribution in [3.63, 3.8) is 0 Å². The third-order valence-electron chi connectivity index (χ3n) is 3.13. The number of nitrogens with one attached hydrogen (secondary N) is 2. The Morgan fingerprint density at radius 3 is 3.05 bits per heavy atom. The van der Waals surface area contributed by atoms with Gasteiger partial charge in [-0.25, -0.2) is 4.98 Å². The summed E-state index contributed by atoms with van der Waals surface area (Å²) in [7, 11) is 1.54. The lowest BCUT2D eigenvalue weighted by Gasteiger charge is -2.21. The number of pyridine rings is 1. The maximum Gasteiger partial charge on any atom is 0.259 e. The van der Waals surface area contributed by atoms with Crippen LogP contribution in [0.25, 0.3) is 0 Å². The van der Waals surface area contributed by atoms with E-state index in [4.69, 9.17) is 9.47 Å². The quantitative estimate of drug-likeness (QED) is 0.904. The van der Waals surface area contributed by atoms with Crippen molar-refractivity contribution in [3.8, 4) is 11.6 Å². The van der Waals surface area contributed by atoms with E-state index in [0.29, 0.717) is 29.5 Å². The van der Waals surface area contributed by atoms with Gasteiger partial charge >= 0.3 is 0 Å². The summed E-state index contributed by atoms with van der Waals surface area (Å²) < 4.78 is 10.6. The Kier molecular flexibility index (Phi) is 3.59. The molecular weight excluding hydrogens is 270 g/mol. The molecular formula is C15H15N3O3. The minimum atomic E-state index is -0.234. The van der Waals surface area contributed by atoms with Gasteiger partial charge in [-0.1, -0.05) is 6.07 Å². The molecule has 6 heteroatoms. The number of methoxy groups -OCH3 is 1. The van der Waals surface area contributed by atoms with Crippen LogP contribution < -0.4 is 20.1 Å². The molecule has 0 radical (unpaired) electrons. The van der Waals surface area contributed by atoms with E-state index in [-0.39, 0.29) is 5.91 Å². The zero-order chi connectivity index (χ0) is 14.7. The average Bonchev–Trinajstić information content (AvgIpc) is 2.55. The average molecular weight is 285 g/mol. The van der Waals surface area contributed by atoms with E-state index in [1.807, 2.05) is 12.1 Å². The fourth-order valence-corrected chi connectivity index (χ4v) is 2.12. The topological polar surface area (TPSA) is 72.5 Å². The van der Waals surface area contributed by atoms with Crippen LogP contribution in [0.5, 0.6) is 11.6 Å². The molecule has 0 saturated carbocycles. The van der Waals surface area contributed by atoms with Gasteiger partial charge in [-0.3, -0.25) is 4.79 Å². The molecule has 21 heavy (non-hydrogen) atoms. The summed E-state index contributed by atoms with van der Waals surface area (Å²) in [6, 6.07) is 8.87. The van der Waals surface area contributed by atoms with Gasteiger partial charge in [0.1, 0.15) is 6.61 Å². The van der Waals surface area contributed by atoms with E-state index in [1.54, 1.807) is 31.5 Å². The monoisotopic (exact) mass is 285 g/mol. The van der Waals surface area contributed by atoms with E-state index < -0.39 is 0 Å². The molecule has 0 bridgehead atoms. The molecule has 1 aliphatic heterocycles. The zero-order valence-electron chi connectivity index (χ0n) is 11.6. The Balaban J connectivity index is 1.82. The molecule has 0 aliphatic carbocycles. The number of fused-ring (bicyclic) bond motifs is 1. The number of anilines is 2. The van der Waals surface area contributed by atoms with Gasteiger partial charge in [-0.2, -0.15) is 0 Å². The fourth-order valence-electron chi connectivity index (χ4n) is 2.12. The number of carbonyl (C=O) groups excluding carboxylic acids is 1. The standard InChI is InChI=1S/C15H15N3O3/c1-20-13-6-5-10(9-17-13)18-15(19)11-3-2-4-12-14(11)21-8-7-16-12/h2-6,9,16H,7-8H2,1H3,(H,18,19). The minimum Gasteiger partial charge on any atom is -0.489 e. The summed E-state index contributed by atoms with van der Waals surface area (Å²) in [6.07, 6.45) is 1.55. The van der Waals surface area contributed by atoms with Crippen LogP contribution in [0, 0.1) is 0 Å². The molecule has 2 heterocycles. The predicted molar refractivity (Wildman–Crippen MR) is 79.2 cm³/mol. The van der Waals surface area contributed by atoms with Crippen LogP contribution >= 0.6 is 0 Å². The largest absolute Gasteiger partial charge is 0.489 e. The van der Waals surface area contributed by atoms with Crippen molar-refractivity contribution in [2.45, 2.75) is 0 Å². The lowest BCUT2D eigenvalue weighted by molar-refractivity contribution is 0.102. The maximum absolute atomic E-state index is 12.4. The van der Waals surface area contributed by atoms with Gasteiger partial charge in [0.2, 0.25) is 5.88 Å². The van der Waals surface area contributed by atoms with Crippen LogP contribution in [0.3, 0.4) is 0 Å². The summed E-state index contributed by atoms with van der Waals surface area (Å²) >= 11 is 0. The maximum atomic E-state index is 12.4. The van der Waals surface area contributed by atoms with Crippen molar-refractivity contribution < 1.29 is 14.3 Å². The molecule has 2 N–H and O–H groups in total. The number of nitrogens with zero attached hydrogens (tertiary/aromatic N) is 1. The number of carbonyl (C=O) groups is 1. The molecule has 1 aliphatic rings. The number of benzene rings is 1. The third-order valence-corrected chi connectivity index (χ3v) is 3.13. The molecule has 1 amide bonds. The summed E-state index contributed by atoms with van der Waals surface area (Å²) in [4.78, 5) is 16.4. The Morgan fingerprint density at radius 1 is 1.38 bits per heavy atom. The molecule has 108 valence electrons. The van der Waals surface area contributed by atoms with Crippen molar-refractivity contribution in [1.82, 2.24) is 4.98 Å². The first-order valence-electron chi connectivity index (χ1n) is 6.59. The Hall–Kier alpha value is -2.76. The Bertz CT molecular complexity index is 656. The van der Waals surface area contributed by atoms with E-state index in [9.17, 15) is 4.79 Å². The number of hydrogen-bond acceptors (Lipinski definition) is 5. The molecule has 0 atom stereocenters. The second-order valence-corrected chi connectivity index (χ2v) is 4.50. The number of ether oxygens (including phenoxy) is 2. The normalized spacial score (nSPS) is 12.6. The highest BCUT2D eigenvalue weighted by molar-refractivity contribution is 6.07. The molecule has 1 aromatic carbocycles. The first-order chi connectivity index (χ1) is 10.3. The second kappa shape index (κ2) is 5.70. The van der Waals surface area contributed by atoms with Crippen LogP contribution in [0.15, 0.2) is 36.5 Å². The van der Waals surface area contributed by atoms with Crippen molar-refractivity contribution in [3.05, 3.63) is 42.1 Å². The minimum absolute atomic E-state index is 0.234. The van der Waals surface area contributed by atoms with Crippen molar-refractivity contribution in [2.24, 2.45) is 0 Å². The van der Waals surface area contributed by atoms with Crippen LogP contribution in [0.4, 0.5) is 11.4 Å². The Labute approximate surface area is 122 Å². The van der Waals surface area contributed by atoms with E-state index in [2.05, 4.69) is 15.6 Å². The highest BCUT2D eigenvalue weighted by Crippen LogP contribution is 2.31. The van der Waals surface area contributed by atoms with Gasteiger partial charge in [0.05, 0.1) is 30.2 Å². The summed E-state index contributed by atoms with van der Waals surface area (Å²) in [5.74, 6) is 0.850. The fraction of sp³-hybridized carbons (Fsp3) is 0.200.